The van der Waals surface area contributed by atoms with Crippen molar-refractivity contribution in [1.29, 1.82) is 0 Å². The first-order valence-electron chi connectivity index (χ1n) is 9.97. The summed E-state index contributed by atoms with van der Waals surface area (Å²) < 4.78 is 0. The third kappa shape index (κ3) is 12.1. The molecule has 176 valence electrons. The van der Waals surface area contributed by atoms with Gasteiger partial charge >= 0.3 is 11.9 Å². The summed E-state index contributed by atoms with van der Waals surface area (Å²) in [4.78, 5) is 33.0. The summed E-state index contributed by atoms with van der Waals surface area (Å²) in [6.07, 6.45) is 3.39. The lowest BCUT2D eigenvalue weighted by Crippen LogP contribution is -2.30. The monoisotopic (exact) mass is 464 g/mol. The van der Waals surface area contributed by atoms with Gasteiger partial charge in [-0.1, -0.05) is 43.7 Å². The van der Waals surface area contributed by atoms with Crippen LogP contribution in [-0.4, -0.2) is 57.4 Å². The standard InChI is InChI=1S/C21H28N2OS.C2H2O4.H2O/c1-4-8-21(23(3)16-15-18-9-6-5-7-10-18)25-20-13-11-19(12-14-20)22-17(2)24;3-1(4)2(5)6;/h5-7,9-14,21H,4,8,15-16H2,1-3H3,(H,22,24);(H,3,4)(H,5,6);1H2. The molecule has 0 aliphatic carbocycles. The number of benzene rings is 2. The SMILES string of the molecule is CCCC(Sc1ccc(NC(C)=O)cc1)N(C)CCc1ccccc1.O.O=C(O)C(=O)O. The van der Waals surface area contributed by atoms with Gasteiger partial charge in [0, 0.05) is 24.1 Å². The number of nitrogens with one attached hydrogen (secondary N) is 1. The lowest BCUT2D eigenvalue weighted by Gasteiger charge is -2.27. The molecule has 0 bridgehead atoms. The molecule has 0 radical (unpaired) electrons. The molecule has 0 aliphatic heterocycles. The number of carboxylic acid groups (broad SMARTS) is 2. The number of amides is 1. The highest BCUT2D eigenvalue weighted by Crippen LogP contribution is 2.29. The topological polar surface area (TPSA) is 138 Å². The van der Waals surface area contributed by atoms with Gasteiger partial charge < -0.3 is 21.0 Å². The van der Waals surface area contributed by atoms with E-state index in [2.05, 4.69) is 66.7 Å². The number of nitrogens with zero attached hydrogens (tertiary/aromatic N) is 1. The van der Waals surface area contributed by atoms with Gasteiger partial charge in [-0.05, 0) is 49.7 Å². The second-order valence-corrected chi connectivity index (χ2v) is 8.14. The fraction of sp³-hybridized carbons (Fsp3) is 0.348. The molecule has 0 saturated carbocycles. The van der Waals surface area contributed by atoms with Crippen molar-refractivity contribution in [3.8, 4) is 0 Å². The first-order valence-corrected chi connectivity index (χ1v) is 10.9. The predicted octanol–water partition coefficient (Wildman–Crippen LogP) is 3.37. The Balaban J connectivity index is 0.00000121. The third-order valence-electron chi connectivity index (χ3n) is 4.25. The van der Waals surface area contributed by atoms with Crippen molar-refractivity contribution < 1.29 is 30.1 Å². The van der Waals surface area contributed by atoms with Gasteiger partial charge in [-0.15, -0.1) is 11.8 Å². The van der Waals surface area contributed by atoms with Crippen LogP contribution in [0.5, 0.6) is 0 Å². The van der Waals surface area contributed by atoms with Crippen molar-refractivity contribution >= 4 is 35.3 Å². The Morgan fingerprint density at radius 2 is 1.56 bits per heavy atom. The van der Waals surface area contributed by atoms with E-state index in [1.165, 1.54) is 17.4 Å². The zero-order valence-electron chi connectivity index (χ0n) is 18.6. The van der Waals surface area contributed by atoms with Crippen molar-refractivity contribution in [1.82, 2.24) is 4.90 Å². The van der Waals surface area contributed by atoms with Gasteiger partial charge in [0.2, 0.25) is 5.91 Å². The maximum atomic E-state index is 11.1. The van der Waals surface area contributed by atoms with Gasteiger partial charge in [0.1, 0.15) is 0 Å². The molecule has 9 heteroatoms. The predicted molar refractivity (Wildman–Crippen MR) is 127 cm³/mol. The van der Waals surface area contributed by atoms with Gasteiger partial charge in [-0.25, -0.2) is 9.59 Å². The number of aliphatic carboxylic acids is 2. The minimum atomic E-state index is -1.82. The molecular weight excluding hydrogens is 432 g/mol. The minimum Gasteiger partial charge on any atom is -0.473 e. The van der Waals surface area contributed by atoms with E-state index < -0.39 is 11.9 Å². The molecule has 0 heterocycles. The maximum absolute atomic E-state index is 11.1. The second-order valence-electron chi connectivity index (χ2n) is 6.89. The molecule has 0 saturated heterocycles. The Bertz CT molecular complexity index is 818. The van der Waals surface area contributed by atoms with Crippen molar-refractivity contribution in [2.75, 3.05) is 18.9 Å². The normalized spacial score (nSPS) is 10.9. The number of anilines is 1. The van der Waals surface area contributed by atoms with Gasteiger partial charge in [-0.2, -0.15) is 0 Å². The van der Waals surface area contributed by atoms with Crippen molar-refractivity contribution in [3.63, 3.8) is 0 Å². The highest BCUT2D eigenvalue weighted by Gasteiger charge is 2.15. The summed E-state index contributed by atoms with van der Waals surface area (Å²) >= 11 is 1.90. The summed E-state index contributed by atoms with van der Waals surface area (Å²) in [5, 5.41) is 18.1. The third-order valence-corrected chi connectivity index (χ3v) is 5.67. The zero-order chi connectivity index (χ0) is 23.2. The molecule has 1 atom stereocenters. The number of carbonyl (C=O) groups is 3. The van der Waals surface area contributed by atoms with Crippen molar-refractivity contribution in [2.45, 2.75) is 43.4 Å². The Morgan fingerprint density at radius 1 is 1.00 bits per heavy atom. The average molecular weight is 465 g/mol. The molecule has 32 heavy (non-hydrogen) atoms. The van der Waals surface area contributed by atoms with Gasteiger partial charge in [0.15, 0.2) is 0 Å². The Hall–Kier alpha value is -2.88. The summed E-state index contributed by atoms with van der Waals surface area (Å²) in [5.41, 5.74) is 2.23. The fourth-order valence-corrected chi connectivity index (χ4v) is 3.93. The number of likely N-dealkylation sites (N-methyl/N-ethyl adjacent to an activating group) is 1. The Morgan fingerprint density at radius 3 is 2.03 bits per heavy atom. The van der Waals surface area contributed by atoms with Crippen LogP contribution >= 0.6 is 11.8 Å². The fourth-order valence-electron chi connectivity index (χ4n) is 2.69. The van der Waals surface area contributed by atoms with Gasteiger partial charge in [-0.3, -0.25) is 9.69 Å². The van der Waals surface area contributed by atoms with Crippen LogP contribution in [0.15, 0.2) is 59.5 Å². The number of hydrogen-bond acceptors (Lipinski definition) is 5. The van der Waals surface area contributed by atoms with Gasteiger partial charge in [0.05, 0.1) is 5.37 Å². The van der Waals surface area contributed by atoms with Gasteiger partial charge in [0.25, 0.3) is 0 Å². The molecular formula is C23H32N2O6S. The number of rotatable bonds is 9. The molecule has 1 unspecified atom stereocenters. The molecule has 0 fully saturated rings. The first-order chi connectivity index (χ1) is 14.7. The van der Waals surface area contributed by atoms with Crippen LogP contribution in [0.4, 0.5) is 5.69 Å². The first kappa shape index (κ1) is 29.1. The van der Waals surface area contributed by atoms with E-state index in [0.29, 0.717) is 5.37 Å². The minimum absolute atomic E-state index is 0. The molecule has 2 rings (SSSR count). The van der Waals surface area contributed by atoms with Crippen LogP contribution in [0.3, 0.4) is 0 Å². The lowest BCUT2D eigenvalue weighted by atomic mass is 10.1. The number of hydrogen-bond donors (Lipinski definition) is 3. The van der Waals surface area contributed by atoms with Crippen LogP contribution in [0, 0.1) is 0 Å². The summed E-state index contributed by atoms with van der Waals surface area (Å²) in [6, 6.07) is 18.8. The van der Waals surface area contributed by atoms with Crippen LogP contribution in [0.2, 0.25) is 0 Å². The van der Waals surface area contributed by atoms with Crippen LogP contribution in [0.25, 0.3) is 0 Å². The van der Waals surface area contributed by atoms with E-state index in [0.717, 1.165) is 31.5 Å². The van der Waals surface area contributed by atoms with E-state index in [1.54, 1.807) is 0 Å². The second kappa shape index (κ2) is 15.9. The summed E-state index contributed by atoms with van der Waals surface area (Å²) in [6.45, 7) is 4.81. The van der Waals surface area contributed by atoms with E-state index in [-0.39, 0.29) is 11.4 Å². The summed E-state index contributed by atoms with van der Waals surface area (Å²) in [5.74, 6) is -3.69. The lowest BCUT2D eigenvalue weighted by molar-refractivity contribution is -0.159. The van der Waals surface area contributed by atoms with E-state index in [4.69, 9.17) is 19.8 Å². The zero-order valence-corrected chi connectivity index (χ0v) is 19.4. The molecule has 0 aliphatic rings. The molecule has 2 aromatic rings. The number of carboxylic acids is 2. The van der Waals surface area contributed by atoms with Crippen LogP contribution in [-0.2, 0) is 20.8 Å². The number of carbonyl (C=O) groups excluding carboxylic acids is 1. The molecule has 2 aromatic carbocycles. The average Bonchev–Trinajstić information content (AvgIpc) is 2.74. The van der Waals surface area contributed by atoms with E-state index >= 15 is 0 Å². The smallest absolute Gasteiger partial charge is 0.414 e. The van der Waals surface area contributed by atoms with Crippen molar-refractivity contribution in [2.24, 2.45) is 0 Å². The number of thioether (sulfide) groups is 1. The quantitative estimate of drug-likeness (QED) is 0.294. The largest absolute Gasteiger partial charge is 0.473 e. The maximum Gasteiger partial charge on any atom is 0.414 e. The molecule has 1 amide bonds. The van der Waals surface area contributed by atoms with Crippen molar-refractivity contribution in [3.05, 3.63) is 60.2 Å². The molecule has 0 aromatic heterocycles. The summed E-state index contributed by atoms with van der Waals surface area (Å²) in [7, 11) is 2.21. The Labute approximate surface area is 192 Å². The van der Waals surface area contributed by atoms with Crippen LogP contribution < -0.4 is 5.32 Å². The van der Waals surface area contributed by atoms with E-state index in [1.807, 2.05) is 23.9 Å². The Kier molecular flexibility index (Phi) is 14.4. The highest BCUT2D eigenvalue weighted by molar-refractivity contribution is 7.99. The highest BCUT2D eigenvalue weighted by atomic mass is 32.2. The molecule has 0 spiro atoms. The van der Waals surface area contributed by atoms with Crippen LogP contribution in [0.1, 0.15) is 32.3 Å². The molecule has 8 nitrogen and oxygen atoms in total. The molecule has 5 N–H and O–H groups in total. The van der Waals surface area contributed by atoms with E-state index in [9.17, 15) is 4.79 Å².